The summed E-state index contributed by atoms with van der Waals surface area (Å²) in [5, 5.41) is 10.6. The van der Waals surface area contributed by atoms with Gasteiger partial charge in [-0.2, -0.15) is 0 Å². The molecule has 0 aliphatic rings. The van der Waals surface area contributed by atoms with Gasteiger partial charge in [-0.15, -0.1) is 0 Å². The molecule has 0 aromatic rings. The minimum absolute atomic E-state index is 0.0777. The number of rotatable bonds is 7. The lowest BCUT2D eigenvalue weighted by Gasteiger charge is -2.04. The molecule has 0 heterocycles. The van der Waals surface area contributed by atoms with Crippen molar-refractivity contribution in [1.29, 1.82) is 0 Å². The van der Waals surface area contributed by atoms with Crippen LogP contribution in [0.3, 0.4) is 0 Å². The highest BCUT2D eigenvalue weighted by Gasteiger charge is 2.05. The van der Waals surface area contributed by atoms with E-state index in [0.29, 0.717) is 13.2 Å². The summed E-state index contributed by atoms with van der Waals surface area (Å²) in [5.41, 5.74) is 1.72. The Morgan fingerprint density at radius 2 is 2.06 bits per heavy atom. The van der Waals surface area contributed by atoms with Crippen LogP contribution in [0.5, 0.6) is 0 Å². The number of aliphatic imine (C=N–C) groups is 1. The molecule has 100 valence electrons. The van der Waals surface area contributed by atoms with Crippen molar-refractivity contribution < 1.29 is 9.66 Å². The molecule has 0 atom stereocenters. The van der Waals surface area contributed by atoms with E-state index in [4.69, 9.17) is 4.74 Å². The van der Waals surface area contributed by atoms with Crippen LogP contribution in [0.25, 0.3) is 0 Å². The molecule has 0 bridgehead atoms. The van der Waals surface area contributed by atoms with Gasteiger partial charge in [0.05, 0.1) is 23.8 Å². The predicted octanol–water partition coefficient (Wildman–Crippen LogP) is 2.78. The zero-order chi connectivity index (χ0) is 14.0. The van der Waals surface area contributed by atoms with Gasteiger partial charge in [0.1, 0.15) is 0 Å². The van der Waals surface area contributed by atoms with Gasteiger partial charge in [-0.1, -0.05) is 6.08 Å². The van der Waals surface area contributed by atoms with Gasteiger partial charge in [0, 0.05) is 13.1 Å². The Labute approximate surface area is 108 Å². The summed E-state index contributed by atoms with van der Waals surface area (Å²) in [6, 6.07) is 0. The lowest BCUT2D eigenvalue weighted by Crippen LogP contribution is -2.08. The first-order valence-electron chi connectivity index (χ1n) is 5.69. The second kappa shape index (κ2) is 9.30. The van der Waals surface area contributed by atoms with Gasteiger partial charge < -0.3 is 4.74 Å². The maximum Gasteiger partial charge on any atom is 0.265 e. The molecule has 0 radical (unpaired) electrons. The molecule has 0 unspecified atom stereocenters. The first-order valence-corrected chi connectivity index (χ1v) is 5.69. The van der Waals surface area contributed by atoms with Gasteiger partial charge in [0.2, 0.25) is 0 Å². The summed E-state index contributed by atoms with van der Waals surface area (Å²) in [6.07, 6.45) is 6.73. The predicted molar refractivity (Wildman–Crippen MR) is 73.5 cm³/mol. The normalized spacial score (nSPS) is 14.3. The molecule has 0 fully saturated rings. The number of hydrogen-bond acceptors (Lipinski definition) is 4. The monoisotopic (exact) mass is 252 g/mol. The number of allylic oxidation sites excluding steroid dienone is 3. The van der Waals surface area contributed by atoms with Crippen LogP contribution in [0.15, 0.2) is 40.6 Å². The van der Waals surface area contributed by atoms with E-state index in [1.165, 1.54) is 12.2 Å². The van der Waals surface area contributed by atoms with Crippen LogP contribution in [-0.4, -0.2) is 30.9 Å². The van der Waals surface area contributed by atoms with Gasteiger partial charge >= 0.3 is 0 Å². The summed E-state index contributed by atoms with van der Waals surface area (Å²) in [5.74, 6) is 0. The van der Waals surface area contributed by atoms with Crippen LogP contribution >= 0.6 is 0 Å². The zero-order valence-corrected chi connectivity index (χ0v) is 11.3. The summed E-state index contributed by atoms with van der Waals surface area (Å²) >= 11 is 0. The van der Waals surface area contributed by atoms with Crippen LogP contribution in [0, 0.1) is 10.1 Å². The molecule has 0 amide bonds. The number of nitrogens with zero attached hydrogens (tertiary/aromatic N) is 2. The lowest BCUT2D eigenvalue weighted by molar-refractivity contribution is -0.419. The molecule has 0 N–H and O–H groups in total. The van der Waals surface area contributed by atoms with E-state index in [2.05, 4.69) is 4.99 Å². The van der Waals surface area contributed by atoms with Gasteiger partial charge in [-0.05, 0) is 38.5 Å². The molecule has 0 saturated heterocycles. The Balaban J connectivity index is 4.31. The average Bonchev–Trinajstić information content (AvgIpc) is 2.34. The maximum absolute atomic E-state index is 10.6. The minimum Gasteiger partial charge on any atom is -0.371 e. The molecule has 0 spiro atoms. The quantitative estimate of drug-likeness (QED) is 0.303. The summed E-state index contributed by atoms with van der Waals surface area (Å²) < 4.78 is 5.43. The third-order valence-corrected chi connectivity index (χ3v) is 2.13. The third-order valence-electron chi connectivity index (χ3n) is 2.13. The fourth-order valence-corrected chi connectivity index (χ4v) is 1.23. The van der Waals surface area contributed by atoms with Crippen molar-refractivity contribution in [3.05, 3.63) is 45.7 Å². The Bertz CT molecular complexity index is 393. The highest BCUT2D eigenvalue weighted by Crippen LogP contribution is 2.04. The molecule has 0 aliphatic carbocycles. The van der Waals surface area contributed by atoms with Gasteiger partial charge in [-0.25, -0.2) is 0 Å². The second-order valence-electron chi connectivity index (χ2n) is 3.67. The fraction of sp³-hybridized carbons (Fsp3) is 0.462. The standard InChI is InChI=1S/C13H20N2O3/c1-5-7-12(14-4)10-18-9-11(3)8-13(6-2)15(16)17/h5-8H,9-10H2,1-4H3/b7-5-,11-8-,13-6+,14-12?. The summed E-state index contributed by atoms with van der Waals surface area (Å²) in [7, 11) is 1.70. The molecule has 0 rings (SSSR count). The molecule has 0 saturated carbocycles. The Morgan fingerprint density at radius 3 is 2.50 bits per heavy atom. The highest BCUT2D eigenvalue weighted by atomic mass is 16.6. The van der Waals surface area contributed by atoms with Gasteiger partial charge in [0.15, 0.2) is 0 Å². The van der Waals surface area contributed by atoms with E-state index in [0.717, 1.165) is 11.3 Å². The van der Waals surface area contributed by atoms with Crippen LogP contribution in [0.1, 0.15) is 20.8 Å². The van der Waals surface area contributed by atoms with Gasteiger partial charge in [-0.3, -0.25) is 15.1 Å². The van der Waals surface area contributed by atoms with Crippen LogP contribution in [0.2, 0.25) is 0 Å². The first-order chi connectivity index (χ1) is 8.54. The van der Waals surface area contributed by atoms with E-state index in [9.17, 15) is 10.1 Å². The van der Waals surface area contributed by atoms with Crippen molar-refractivity contribution >= 4 is 5.71 Å². The van der Waals surface area contributed by atoms with Crippen molar-refractivity contribution in [3.63, 3.8) is 0 Å². The lowest BCUT2D eigenvalue weighted by atomic mass is 10.2. The molecule has 0 aromatic heterocycles. The Morgan fingerprint density at radius 1 is 1.39 bits per heavy atom. The third kappa shape index (κ3) is 6.75. The van der Waals surface area contributed by atoms with Crippen molar-refractivity contribution in [2.75, 3.05) is 20.3 Å². The molecule has 18 heavy (non-hydrogen) atoms. The molecular formula is C13H20N2O3. The van der Waals surface area contributed by atoms with Crippen molar-refractivity contribution in [2.45, 2.75) is 20.8 Å². The van der Waals surface area contributed by atoms with E-state index in [-0.39, 0.29) is 5.70 Å². The smallest absolute Gasteiger partial charge is 0.265 e. The van der Waals surface area contributed by atoms with E-state index < -0.39 is 4.92 Å². The number of nitro groups is 1. The Hall–Kier alpha value is -1.75. The molecule has 5 heteroatoms. The molecule has 5 nitrogen and oxygen atoms in total. The minimum atomic E-state index is -0.414. The van der Waals surface area contributed by atoms with Crippen molar-refractivity contribution in [3.8, 4) is 0 Å². The van der Waals surface area contributed by atoms with Crippen molar-refractivity contribution in [2.24, 2.45) is 4.99 Å². The molecule has 0 aromatic carbocycles. The van der Waals surface area contributed by atoms with Crippen LogP contribution in [-0.2, 0) is 4.74 Å². The van der Waals surface area contributed by atoms with E-state index in [1.54, 1.807) is 20.9 Å². The van der Waals surface area contributed by atoms with Gasteiger partial charge in [0.25, 0.3) is 5.70 Å². The number of hydrogen-bond donors (Lipinski definition) is 0. The summed E-state index contributed by atoms with van der Waals surface area (Å²) in [4.78, 5) is 14.2. The largest absolute Gasteiger partial charge is 0.371 e. The second-order valence-corrected chi connectivity index (χ2v) is 3.67. The average molecular weight is 252 g/mol. The topological polar surface area (TPSA) is 64.7 Å². The number of ether oxygens (including phenoxy) is 1. The van der Waals surface area contributed by atoms with E-state index >= 15 is 0 Å². The van der Waals surface area contributed by atoms with Crippen LogP contribution < -0.4 is 0 Å². The zero-order valence-electron chi connectivity index (χ0n) is 11.3. The Kier molecular flexibility index (Phi) is 8.39. The molecular weight excluding hydrogens is 232 g/mol. The molecule has 0 aliphatic heterocycles. The van der Waals surface area contributed by atoms with E-state index in [1.807, 2.05) is 19.1 Å². The SMILES string of the molecule is C/C=C\C(COC/C(C)=C\C(=C/C)[N+](=O)[O-])=NC. The first kappa shape index (κ1) is 16.2. The summed E-state index contributed by atoms with van der Waals surface area (Å²) in [6.45, 7) is 6.09. The fourth-order valence-electron chi connectivity index (χ4n) is 1.23. The van der Waals surface area contributed by atoms with Crippen molar-refractivity contribution in [1.82, 2.24) is 0 Å². The highest BCUT2D eigenvalue weighted by molar-refractivity contribution is 5.95. The maximum atomic E-state index is 10.6. The van der Waals surface area contributed by atoms with Crippen LogP contribution in [0.4, 0.5) is 0 Å².